The maximum atomic E-state index is 11.7. The zero-order chi connectivity index (χ0) is 13.8. The predicted octanol–water partition coefficient (Wildman–Crippen LogP) is 3.74. The van der Waals surface area contributed by atoms with Gasteiger partial charge in [-0.05, 0) is 39.0 Å². The third-order valence-corrected chi connectivity index (χ3v) is 2.15. The molecule has 0 heterocycles. The summed E-state index contributed by atoms with van der Waals surface area (Å²) in [5.41, 5.74) is 0.810. The van der Waals surface area contributed by atoms with Crippen LogP contribution in [0.1, 0.15) is 26.3 Å². The van der Waals surface area contributed by atoms with Crippen LogP contribution in [0.15, 0.2) is 23.2 Å². The maximum absolute atomic E-state index is 11.7. The van der Waals surface area contributed by atoms with Gasteiger partial charge in [-0.2, -0.15) is 0 Å². The van der Waals surface area contributed by atoms with Crippen LogP contribution < -0.4 is 5.32 Å². The first-order chi connectivity index (χ1) is 8.31. The van der Waals surface area contributed by atoms with Gasteiger partial charge >= 0.3 is 6.09 Å². The van der Waals surface area contributed by atoms with E-state index in [1.165, 1.54) is 0 Å². The topological polar surface area (TPSA) is 50.7 Å². The Morgan fingerprint density at radius 3 is 2.67 bits per heavy atom. The number of rotatable bonds is 2. The van der Waals surface area contributed by atoms with Crippen LogP contribution in [0.2, 0.25) is 5.02 Å². The zero-order valence-corrected chi connectivity index (χ0v) is 11.7. The Labute approximate surface area is 112 Å². The average molecular weight is 269 g/mol. The van der Waals surface area contributed by atoms with E-state index in [2.05, 4.69) is 10.3 Å². The number of carbonyl (C=O) groups is 1. The Morgan fingerprint density at radius 1 is 1.44 bits per heavy atom. The third kappa shape index (κ3) is 4.75. The molecule has 5 heteroatoms. The average Bonchev–Trinajstić information content (AvgIpc) is 2.20. The summed E-state index contributed by atoms with van der Waals surface area (Å²) in [7, 11) is 1.65. The first-order valence-electron chi connectivity index (χ1n) is 5.53. The molecule has 0 aliphatic rings. The summed E-state index contributed by atoms with van der Waals surface area (Å²) in [6.07, 6.45) is 1.12. The maximum Gasteiger partial charge on any atom is 0.412 e. The van der Waals surface area contributed by atoms with E-state index in [0.29, 0.717) is 10.7 Å². The number of nitrogens with one attached hydrogen (secondary N) is 1. The van der Waals surface area contributed by atoms with Crippen LogP contribution >= 0.6 is 11.6 Å². The monoisotopic (exact) mass is 268 g/mol. The molecule has 98 valence electrons. The van der Waals surface area contributed by atoms with Crippen LogP contribution in [0, 0.1) is 0 Å². The van der Waals surface area contributed by atoms with Crippen molar-refractivity contribution in [2.45, 2.75) is 26.4 Å². The number of anilines is 1. The van der Waals surface area contributed by atoms with E-state index < -0.39 is 11.7 Å². The molecule has 0 aliphatic carbocycles. The van der Waals surface area contributed by atoms with E-state index in [-0.39, 0.29) is 0 Å². The highest BCUT2D eigenvalue weighted by molar-refractivity contribution is 6.31. The molecule has 0 bridgehead atoms. The van der Waals surface area contributed by atoms with Gasteiger partial charge in [0.15, 0.2) is 0 Å². The Morgan fingerprint density at radius 2 is 2.11 bits per heavy atom. The summed E-state index contributed by atoms with van der Waals surface area (Å²) in [5.74, 6) is 0. The molecule has 0 saturated heterocycles. The van der Waals surface area contributed by atoms with Crippen molar-refractivity contribution in [3.8, 4) is 0 Å². The molecule has 0 radical (unpaired) electrons. The van der Waals surface area contributed by atoms with E-state index in [1.54, 1.807) is 31.5 Å². The van der Waals surface area contributed by atoms with Crippen LogP contribution in [0.3, 0.4) is 0 Å². The van der Waals surface area contributed by atoms with Crippen LogP contribution in [0.4, 0.5) is 10.5 Å². The van der Waals surface area contributed by atoms with Gasteiger partial charge < -0.3 is 4.74 Å². The highest BCUT2D eigenvalue weighted by atomic mass is 35.5. The number of aliphatic imine (C=N–C) groups is 1. The lowest BCUT2D eigenvalue weighted by Crippen LogP contribution is -2.27. The van der Waals surface area contributed by atoms with E-state index >= 15 is 0 Å². The van der Waals surface area contributed by atoms with Crippen LogP contribution in [0.25, 0.3) is 0 Å². The second kappa shape index (κ2) is 5.87. The molecule has 1 aromatic carbocycles. The van der Waals surface area contributed by atoms with Gasteiger partial charge in [-0.3, -0.25) is 10.3 Å². The number of carbonyl (C=O) groups excluding carboxylic acids is 1. The summed E-state index contributed by atoms with van der Waals surface area (Å²) >= 11 is 5.89. The quantitative estimate of drug-likeness (QED) is 0.831. The van der Waals surface area contributed by atoms with Gasteiger partial charge in [-0.1, -0.05) is 11.6 Å². The second-order valence-corrected chi connectivity index (χ2v) is 5.18. The Balaban J connectivity index is 2.87. The molecule has 1 rings (SSSR count). The van der Waals surface area contributed by atoms with Crippen LogP contribution in [0.5, 0.6) is 0 Å². The zero-order valence-electron chi connectivity index (χ0n) is 11.0. The second-order valence-electron chi connectivity index (χ2n) is 4.75. The van der Waals surface area contributed by atoms with Crippen molar-refractivity contribution < 1.29 is 9.53 Å². The lowest BCUT2D eigenvalue weighted by atomic mass is 10.2. The van der Waals surface area contributed by atoms with Gasteiger partial charge in [0.1, 0.15) is 5.60 Å². The van der Waals surface area contributed by atoms with Gasteiger partial charge in [-0.15, -0.1) is 0 Å². The van der Waals surface area contributed by atoms with Crippen LogP contribution in [-0.4, -0.2) is 25.0 Å². The fourth-order valence-corrected chi connectivity index (χ4v) is 1.49. The highest BCUT2D eigenvalue weighted by Gasteiger charge is 2.16. The van der Waals surface area contributed by atoms with Gasteiger partial charge in [0.05, 0.1) is 5.69 Å². The summed E-state index contributed by atoms with van der Waals surface area (Å²) in [6, 6.07) is 5.13. The smallest absolute Gasteiger partial charge is 0.412 e. The molecular formula is C13H17ClN2O2. The number of hydrogen-bond donors (Lipinski definition) is 1. The molecule has 0 atom stereocenters. The molecule has 1 aromatic rings. The number of amides is 1. The van der Waals surface area contributed by atoms with Crippen LogP contribution in [-0.2, 0) is 4.74 Å². The molecule has 0 saturated carbocycles. The fourth-order valence-electron chi connectivity index (χ4n) is 1.31. The number of halogens is 1. The van der Waals surface area contributed by atoms with Crippen molar-refractivity contribution >= 4 is 29.6 Å². The number of hydrogen-bond acceptors (Lipinski definition) is 3. The molecule has 0 unspecified atom stereocenters. The molecule has 0 aliphatic heterocycles. The lowest BCUT2D eigenvalue weighted by molar-refractivity contribution is 0.0636. The van der Waals surface area contributed by atoms with E-state index in [4.69, 9.17) is 16.3 Å². The van der Waals surface area contributed by atoms with E-state index in [1.807, 2.05) is 20.8 Å². The van der Waals surface area contributed by atoms with Gasteiger partial charge in [0, 0.05) is 23.8 Å². The first kappa shape index (κ1) is 14.5. The largest absolute Gasteiger partial charge is 0.444 e. The molecule has 1 amide bonds. The SMILES string of the molecule is C/N=C/c1cc(Cl)ccc1NC(=O)OC(C)(C)C. The minimum atomic E-state index is -0.532. The van der Waals surface area contributed by atoms with Crippen molar-refractivity contribution in [3.05, 3.63) is 28.8 Å². The minimum absolute atomic E-state index is 0.504. The Hall–Kier alpha value is -1.55. The normalized spacial score (nSPS) is 11.6. The first-order valence-corrected chi connectivity index (χ1v) is 5.91. The molecular weight excluding hydrogens is 252 g/mol. The number of nitrogens with zero attached hydrogens (tertiary/aromatic N) is 1. The van der Waals surface area contributed by atoms with Crippen molar-refractivity contribution in [2.24, 2.45) is 4.99 Å². The molecule has 0 aromatic heterocycles. The van der Waals surface area contributed by atoms with E-state index in [0.717, 1.165) is 5.56 Å². The molecule has 4 nitrogen and oxygen atoms in total. The standard InChI is InChI=1S/C13H17ClN2O2/c1-13(2,3)18-12(17)16-11-6-5-10(14)7-9(11)8-15-4/h5-8H,1-4H3,(H,16,17)/b15-8+. The molecule has 0 spiro atoms. The number of benzene rings is 1. The fraction of sp³-hybridized carbons (Fsp3) is 0.385. The predicted molar refractivity (Wildman–Crippen MR) is 74.8 cm³/mol. The molecule has 18 heavy (non-hydrogen) atoms. The molecule has 0 fully saturated rings. The van der Waals surface area contributed by atoms with E-state index in [9.17, 15) is 4.79 Å². The van der Waals surface area contributed by atoms with Gasteiger partial charge in [0.25, 0.3) is 0 Å². The number of ether oxygens (including phenoxy) is 1. The van der Waals surface area contributed by atoms with Crippen molar-refractivity contribution in [2.75, 3.05) is 12.4 Å². The van der Waals surface area contributed by atoms with Gasteiger partial charge in [0.2, 0.25) is 0 Å². The summed E-state index contributed by atoms with van der Waals surface area (Å²) < 4.78 is 5.18. The highest BCUT2D eigenvalue weighted by Crippen LogP contribution is 2.20. The minimum Gasteiger partial charge on any atom is -0.444 e. The summed E-state index contributed by atoms with van der Waals surface area (Å²) in [5, 5.41) is 3.25. The Bertz CT molecular complexity index is 465. The summed E-state index contributed by atoms with van der Waals surface area (Å²) in [6.45, 7) is 5.43. The van der Waals surface area contributed by atoms with Crippen molar-refractivity contribution in [1.82, 2.24) is 0 Å². The third-order valence-electron chi connectivity index (χ3n) is 1.92. The Kier molecular flexibility index (Phi) is 4.73. The van der Waals surface area contributed by atoms with Crippen molar-refractivity contribution in [3.63, 3.8) is 0 Å². The molecule has 1 N–H and O–H groups in total. The summed E-state index contributed by atoms with van der Waals surface area (Å²) in [4.78, 5) is 15.6. The van der Waals surface area contributed by atoms with Gasteiger partial charge in [-0.25, -0.2) is 4.79 Å². The van der Waals surface area contributed by atoms with Crippen molar-refractivity contribution in [1.29, 1.82) is 0 Å². The lowest BCUT2D eigenvalue weighted by Gasteiger charge is -2.20.